The lowest BCUT2D eigenvalue weighted by Gasteiger charge is -2.33. The van der Waals surface area contributed by atoms with E-state index < -0.39 is 45.2 Å². The van der Waals surface area contributed by atoms with Gasteiger partial charge in [-0.3, -0.25) is 24.0 Å². The number of carbonyl (C=O) groups is 2. The van der Waals surface area contributed by atoms with Crippen LogP contribution in [0.25, 0.3) is 0 Å². The van der Waals surface area contributed by atoms with Gasteiger partial charge in [-0.15, -0.1) is 0 Å². The number of nitrogens with zero attached hydrogens (tertiary/aromatic N) is 3. The van der Waals surface area contributed by atoms with Gasteiger partial charge in [-0.05, 0) is 29.8 Å². The van der Waals surface area contributed by atoms with Gasteiger partial charge < -0.3 is 10.2 Å². The second-order valence-corrected chi connectivity index (χ2v) is 11.4. The Labute approximate surface area is 248 Å². The number of sulfonamides is 1. The molecule has 0 aliphatic heterocycles. The maximum atomic E-state index is 14.8. The number of hydrogen-bond acceptors (Lipinski definition) is 6. The topological polar surface area (TPSA) is 130 Å². The van der Waals surface area contributed by atoms with E-state index in [-0.39, 0.29) is 34.8 Å². The standard InChI is InChI=1S/C31H29FN4O6S/c1-33-31(38)29(19-23-11-4-2-5-12-23)34(21-24-13-8-9-18-28(24)32)30(37)22-35(25-14-10-15-26(20-25)36(39)40)43(41,42)27-16-6-3-7-17-27/h2-18,20,29H,19,21-22H2,1H3,(H,33,38)/t29-/m0/s1. The highest BCUT2D eigenvalue weighted by molar-refractivity contribution is 7.92. The second-order valence-electron chi connectivity index (χ2n) is 9.53. The first-order valence-corrected chi connectivity index (χ1v) is 14.7. The fraction of sp³-hybridized carbons (Fsp3) is 0.161. The second kappa shape index (κ2) is 13.7. The molecule has 0 aromatic heterocycles. The van der Waals surface area contributed by atoms with Gasteiger partial charge >= 0.3 is 0 Å². The third kappa shape index (κ3) is 7.41. The van der Waals surface area contributed by atoms with Crippen LogP contribution in [0.5, 0.6) is 0 Å². The van der Waals surface area contributed by atoms with E-state index in [4.69, 9.17) is 0 Å². The van der Waals surface area contributed by atoms with Crippen molar-refractivity contribution in [3.8, 4) is 0 Å². The van der Waals surface area contributed by atoms with E-state index in [0.717, 1.165) is 20.8 Å². The van der Waals surface area contributed by atoms with Crippen LogP contribution in [0, 0.1) is 15.9 Å². The molecule has 0 radical (unpaired) electrons. The van der Waals surface area contributed by atoms with Crippen molar-refractivity contribution in [1.29, 1.82) is 0 Å². The fourth-order valence-electron chi connectivity index (χ4n) is 4.54. The first-order valence-electron chi connectivity index (χ1n) is 13.2. The Morgan fingerprint density at radius 1 is 0.907 bits per heavy atom. The lowest BCUT2D eigenvalue weighted by molar-refractivity contribution is -0.384. The molecular weight excluding hydrogens is 575 g/mol. The Hall–Kier alpha value is -5.10. The van der Waals surface area contributed by atoms with Gasteiger partial charge in [-0.1, -0.05) is 72.8 Å². The zero-order valence-electron chi connectivity index (χ0n) is 23.2. The molecule has 4 rings (SSSR count). The smallest absolute Gasteiger partial charge is 0.271 e. The maximum absolute atomic E-state index is 14.8. The zero-order chi connectivity index (χ0) is 31.0. The Morgan fingerprint density at radius 2 is 1.53 bits per heavy atom. The molecule has 0 saturated carbocycles. The SMILES string of the molecule is CNC(=O)[C@H](Cc1ccccc1)N(Cc1ccccc1F)C(=O)CN(c1cccc([N+](=O)[O-])c1)S(=O)(=O)c1ccccc1. The van der Waals surface area contributed by atoms with Gasteiger partial charge in [0.25, 0.3) is 15.7 Å². The third-order valence-electron chi connectivity index (χ3n) is 6.75. The molecule has 0 bridgehead atoms. The number of halogens is 1. The van der Waals surface area contributed by atoms with Crippen molar-refractivity contribution in [2.24, 2.45) is 0 Å². The minimum atomic E-state index is -4.43. The lowest BCUT2D eigenvalue weighted by atomic mass is 10.0. The van der Waals surface area contributed by atoms with Crippen LogP contribution in [-0.4, -0.2) is 49.7 Å². The average molecular weight is 605 g/mol. The number of anilines is 1. The largest absolute Gasteiger partial charge is 0.357 e. The minimum absolute atomic E-state index is 0.0585. The van der Waals surface area contributed by atoms with Crippen LogP contribution in [0.15, 0.2) is 114 Å². The van der Waals surface area contributed by atoms with E-state index >= 15 is 0 Å². The molecule has 12 heteroatoms. The number of nitro groups is 1. The highest BCUT2D eigenvalue weighted by Gasteiger charge is 2.35. The quantitative estimate of drug-likeness (QED) is 0.189. The van der Waals surface area contributed by atoms with Crippen molar-refractivity contribution >= 4 is 33.2 Å². The van der Waals surface area contributed by atoms with Crippen LogP contribution in [0.1, 0.15) is 11.1 Å². The summed E-state index contributed by atoms with van der Waals surface area (Å²) in [7, 11) is -3.02. The normalized spacial score (nSPS) is 11.8. The van der Waals surface area contributed by atoms with Crippen molar-refractivity contribution in [3.63, 3.8) is 0 Å². The predicted molar refractivity (Wildman–Crippen MR) is 159 cm³/mol. The summed E-state index contributed by atoms with van der Waals surface area (Å²) in [6.07, 6.45) is 0.0585. The third-order valence-corrected chi connectivity index (χ3v) is 8.54. The van der Waals surface area contributed by atoms with Gasteiger partial charge in [0, 0.05) is 37.7 Å². The van der Waals surface area contributed by atoms with Gasteiger partial charge in [0.2, 0.25) is 11.8 Å². The number of hydrogen-bond donors (Lipinski definition) is 1. The number of likely N-dealkylation sites (N-methyl/N-ethyl adjacent to an activating group) is 1. The van der Waals surface area contributed by atoms with Crippen LogP contribution >= 0.6 is 0 Å². The van der Waals surface area contributed by atoms with Crippen LogP contribution in [0.2, 0.25) is 0 Å². The van der Waals surface area contributed by atoms with E-state index in [0.29, 0.717) is 0 Å². The molecule has 0 fully saturated rings. The highest BCUT2D eigenvalue weighted by Crippen LogP contribution is 2.28. The first kappa shape index (κ1) is 30.8. The summed E-state index contributed by atoms with van der Waals surface area (Å²) in [5.74, 6) is -1.97. The average Bonchev–Trinajstić information content (AvgIpc) is 3.02. The molecular formula is C31H29FN4O6S. The van der Waals surface area contributed by atoms with Gasteiger partial charge in [0.1, 0.15) is 18.4 Å². The molecule has 1 N–H and O–H groups in total. The molecule has 2 amide bonds. The number of carbonyl (C=O) groups excluding carboxylic acids is 2. The molecule has 0 spiro atoms. The monoisotopic (exact) mass is 604 g/mol. The Bertz CT molecular complexity index is 1700. The molecule has 0 aliphatic carbocycles. The van der Waals surface area contributed by atoms with Crippen molar-refractivity contribution in [3.05, 3.63) is 136 Å². The van der Waals surface area contributed by atoms with Gasteiger partial charge in [0.05, 0.1) is 15.5 Å². The van der Waals surface area contributed by atoms with E-state index in [9.17, 15) is 32.5 Å². The van der Waals surface area contributed by atoms with Gasteiger partial charge in [-0.25, -0.2) is 12.8 Å². The summed E-state index contributed by atoms with van der Waals surface area (Å²) in [5.41, 5.74) is 0.325. The van der Waals surface area contributed by atoms with Gasteiger partial charge in [0.15, 0.2) is 0 Å². The molecule has 4 aromatic rings. The molecule has 10 nitrogen and oxygen atoms in total. The number of amides is 2. The number of benzene rings is 4. The van der Waals surface area contributed by atoms with Crippen LogP contribution < -0.4 is 9.62 Å². The zero-order valence-corrected chi connectivity index (χ0v) is 24.0. The van der Waals surface area contributed by atoms with Crippen molar-refractivity contribution in [2.75, 3.05) is 17.9 Å². The predicted octanol–water partition coefficient (Wildman–Crippen LogP) is 4.32. The van der Waals surface area contributed by atoms with Crippen molar-refractivity contribution < 1.29 is 27.3 Å². The highest BCUT2D eigenvalue weighted by atomic mass is 32.2. The first-order chi connectivity index (χ1) is 20.6. The van der Waals surface area contributed by atoms with Gasteiger partial charge in [-0.2, -0.15) is 0 Å². The molecule has 0 heterocycles. The molecule has 1 atom stereocenters. The summed E-state index contributed by atoms with van der Waals surface area (Å²) < 4.78 is 43.4. The minimum Gasteiger partial charge on any atom is -0.357 e. The maximum Gasteiger partial charge on any atom is 0.271 e. The number of rotatable bonds is 12. The number of non-ortho nitro benzene ring substituents is 1. The molecule has 222 valence electrons. The summed E-state index contributed by atoms with van der Waals surface area (Å²) in [6.45, 7) is -1.17. The van der Waals surface area contributed by atoms with E-state index in [1.54, 1.807) is 42.5 Å². The Balaban J connectivity index is 1.82. The van der Waals surface area contributed by atoms with Crippen LogP contribution in [-0.2, 0) is 32.6 Å². The fourth-order valence-corrected chi connectivity index (χ4v) is 5.97. The molecule has 0 aliphatic rings. The van der Waals surface area contributed by atoms with E-state index in [1.807, 2.05) is 0 Å². The summed E-state index contributed by atoms with van der Waals surface area (Å²) in [6, 6.07) is 25.7. The lowest BCUT2D eigenvalue weighted by Crippen LogP contribution is -2.53. The summed E-state index contributed by atoms with van der Waals surface area (Å²) in [5, 5.41) is 14.1. The molecule has 43 heavy (non-hydrogen) atoms. The molecule has 4 aromatic carbocycles. The summed E-state index contributed by atoms with van der Waals surface area (Å²) in [4.78, 5) is 39.2. The molecule has 0 saturated heterocycles. The molecule has 0 unspecified atom stereocenters. The number of nitro benzene ring substituents is 1. The Kier molecular flexibility index (Phi) is 9.83. The summed E-state index contributed by atoms with van der Waals surface area (Å²) >= 11 is 0. The van der Waals surface area contributed by atoms with Crippen molar-refractivity contribution in [1.82, 2.24) is 10.2 Å². The van der Waals surface area contributed by atoms with Crippen LogP contribution in [0.4, 0.5) is 15.8 Å². The number of nitrogens with one attached hydrogen (secondary N) is 1. The van der Waals surface area contributed by atoms with Crippen molar-refractivity contribution in [2.45, 2.75) is 23.9 Å². The van der Waals surface area contributed by atoms with E-state index in [2.05, 4.69) is 5.32 Å². The van der Waals surface area contributed by atoms with Crippen LogP contribution in [0.3, 0.4) is 0 Å². The Morgan fingerprint density at radius 3 is 2.16 bits per heavy atom. The van der Waals surface area contributed by atoms with E-state index in [1.165, 1.54) is 67.7 Å².